The van der Waals surface area contributed by atoms with E-state index in [9.17, 15) is 19.6 Å². The summed E-state index contributed by atoms with van der Waals surface area (Å²) in [5.41, 5.74) is 4.26. The van der Waals surface area contributed by atoms with E-state index in [4.69, 9.17) is 0 Å². The number of aromatic nitrogens is 1. The van der Waals surface area contributed by atoms with Gasteiger partial charge in [-0.25, -0.2) is 9.18 Å². The second kappa shape index (κ2) is 7.30. The Labute approximate surface area is 156 Å². The van der Waals surface area contributed by atoms with Gasteiger partial charge < -0.3 is 9.67 Å². The molecular weight excluding hydrogens is 343 g/mol. The SMILES string of the molecule is Cc1cc(/C=C(/C#N)c2ccc(F)cc2)c(C)n1-c1ccccc1C(=O)O. The number of carboxylic acid groups (broad SMARTS) is 1. The highest BCUT2D eigenvalue weighted by Crippen LogP contribution is 2.27. The first-order chi connectivity index (χ1) is 12.9. The molecule has 0 bridgehead atoms. The number of para-hydroxylation sites is 1. The number of aromatic carboxylic acids is 1. The number of aryl methyl sites for hydroxylation is 1. The molecule has 0 aliphatic heterocycles. The number of carboxylic acids is 1. The summed E-state index contributed by atoms with van der Waals surface area (Å²) in [6.07, 6.45) is 1.73. The highest BCUT2D eigenvalue weighted by molar-refractivity contribution is 5.93. The fourth-order valence-corrected chi connectivity index (χ4v) is 3.12. The zero-order valence-electron chi connectivity index (χ0n) is 14.9. The van der Waals surface area contributed by atoms with Crippen LogP contribution in [0.15, 0.2) is 54.6 Å². The minimum Gasteiger partial charge on any atom is -0.478 e. The van der Waals surface area contributed by atoms with E-state index in [-0.39, 0.29) is 11.4 Å². The smallest absolute Gasteiger partial charge is 0.337 e. The van der Waals surface area contributed by atoms with Crippen molar-refractivity contribution in [3.63, 3.8) is 0 Å². The van der Waals surface area contributed by atoms with Crippen LogP contribution in [0.2, 0.25) is 0 Å². The molecule has 0 spiro atoms. The van der Waals surface area contributed by atoms with Crippen LogP contribution in [0.1, 0.15) is 32.9 Å². The van der Waals surface area contributed by atoms with E-state index in [1.807, 2.05) is 24.5 Å². The van der Waals surface area contributed by atoms with Crippen molar-refractivity contribution in [2.45, 2.75) is 13.8 Å². The molecule has 3 aromatic rings. The van der Waals surface area contributed by atoms with Crippen LogP contribution in [0, 0.1) is 31.0 Å². The highest BCUT2D eigenvalue weighted by Gasteiger charge is 2.16. The van der Waals surface area contributed by atoms with Crippen molar-refractivity contribution < 1.29 is 14.3 Å². The number of halogens is 1. The second-order valence-electron chi connectivity index (χ2n) is 6.16. The third-order valence-electron chi connectivity index (χ3n) is 4.42. The Hall–Kier alpha value is -3.65. The van der Waals surface area contributed by atoms with Gasteiger partial charge >= 0.3 is 5.97 Å². The summed E-state index contributed by atoms with van der Waals surface area (Å²) >= 11 is 0. The molecule has 0 atom stereocenters. The topological polar surface area (TPSA) is 66.0 Å². The molecule has 27 heavy (non-hydrogen) atoms. The Morgan fingerprint density at radius 1 is 1.15 bits per heavy atom. The van der Waals surface area contributed by atoms with Crippen molar-refractivity contribution in [3.8, 4) is 11.8 Å². The Kier molecular flexibility index (Phi) is 4.91. The Balaban J connectivity index is 2.13. The van der Waals surface area contributed by atoms with E-state index >= 15 is 0 Å². The average Bonchev–Trinajstić information content (AvgIpc) is 2.93. The molecular formula is C22H17FN2O2. The number of hydrogen-bond donors (Lipinski definition) is 1. The number of benzene rings is 2. The minimum atomic E-state index is -1.00. The van der Waals surface area contributed by atoms with Gasteiger partial charge in [0.05, 0.1) is 22.9 Å². The van der Waals surface area contributed by atoms with Crippen LogP contribution in [-0.2, 0) is 0 Å². The third-order valence-corrected chi connectivity index (χ3v) is 4.42. The summed E-state index contributed by atoms with van der Waals surface area (Å²) in [5, 5.41) is 19.0. The van der Waals surface area contributed by atoms with Crippen LogP contribution in [0.3, 0.4) is 0 Å². The van der Waals surface area contributed by atoms with Crippen LogP contribution in [-0.4, -0.2) is 15.6 Å². The van der Waals surface area contributed by atoms with Crippen LogP contribution < -0.4 is 0 Å². The lowest BCUT2D eigenvalue weighted by Crippen LogP contribution is -2.07. The Morgan fingerprint density at radius 3 is 2.44 bits per heavy atom. The second-order valence-corrected chi connectivity index (χ2v) is 6.16. The van der Waals surface area contributed by atoms with E-state index in [0.29, 0.717) is 16.8 Å². The van der Waals surface area contributed by atoms with Crippen LogP contribution >= 0.6 is 0 Å². The molecule has 3 rings (SSSR count). The molecule has 0 radical (unpaired) electrons. The predicted molar refractivity (Wildman–Crippen MR) is 102 cm³/mol. The molecule has 0 aliphatic carbocycles. The first-order valence-corrected chi connectivity index (χ1v) is 8.31. The summed E-state index contributed by atoms with van der Waals surface area (Å²) in [5.74, 6) is -1.36. The normalized spacial score (nSPS) is 11.3. The van der Waals surface area contributed by atoms with Crippen LogP contribution in [0.25, 0.3) is 17.3 Å². The van der Waals surface area contributed by atoms with E-state index in [2.05, 4.69) is 6.07 Å². The van der Waals surface area contributed by atoms with Crippen molar-refractivity contribution in [3.05, 3.63) is 88.5 Å². The molecule has 5 heteroatoms. The van der Waals surface area contributed by atoms with Crippen LogP contribution in [0.4, 0.5) is 4.39 Å². The molecule has 0 saturated carbocycles. The first kappa shape index (κ1) is 18.2. The molecule has 2 aromatic carbocycles. The average molecular weight is 360 g/mol. The molecule has 1 N–H and O–H groups in total. The summed E-state index contributed by atoms with van der Waals surface area (Å²) < 4.78 is 15.0. The summed E-state index contributed by atoms with van der Waals surface area (Å²) in [6, 6.07) is 16.6. The summed E-state index contributed by atoms with van der Waals surface area (Å²) in [4.78, 5) is 11.6. The monoisotopic (exact) mass is 360 g/mol. The summed E-state index contributed by atoms with van der Waals surface area (Å²) in [6.45, 7) is 3.75. The number of hydrogen-bond acceptors (Lipinski definition) is 2. The van der Waals surface area contributed by atoms with Gasteiger partial charge in [0, 0.05) is 11.4 Å². The standard InChI is InChI=1S/C22H17FN2O2/c1-14-11-17(12-18(13-24)16-7-9-19(23)10-8-16)15(2)25(14)21-6-4-3-5-20(21)22(26)27/h3-12H,1-2H3,(H,26,27)/b18-12-. The Morgan fingerprint density at radius 2 is 1.81 bits per heavy atom. The zero-order chi connectivity index (χ0) is 19.6. The fraction of sp³-hybridized carbons (Fsp3) is 0.0909. The van der Waals surface area contributed by atoms with E-state index in [1.54, 1.807) is 42.5 Å². The number of rotatable bonds is 4. The van der Waals surface area contributed by atoms with Crippen molar-refractivity contribution in [2.75, 3.05) is 0 Å². The fourth-order valence-electron chi connectivity index (χ4n) is 3.12. The van der Waals surface area contributed by atoms with Crippen molar-refractivity contribution >= 4 is 17.6 Å². The van der Waals surface area contributed by atoms with Crippen molar-refractivity contribution in [1.29, 1.82) is 5.26 Å². The Bertz CT molecular complexity index is 1090. The van der Waals surface area contributed by atoms with Gasteiger partial charge in [-0.2, -0.15) is 5.26 Å². The molecule has 0 unspecified atom stereocenters. The quantitative estimate of drug-likeness (QED) is 0.666. The number of allylic oxidation sites excluding steroid dienone is 1. The van der Waals surface area contributed by atoms with E-state index < -0.39 is 5.97 Å². The largest absolute Gasteiger partial charge is 0.478 e. The van der Waals surface area contributed by atoms with Gasteiger partial charge in [-0.3, -0.25) is 0 Å². The van der Waals surface area contributed by atoms with Crippen LogP contribution in [0.5, 0.6) is 0 Å². The van der Waals surface area contributed by atoms with Gasteiger partial charge in [0.15, 0.2) is 0 Å². The maximum Gasteiger partial charge on any atom is 0.337 e. The van der Waals surface area contributed by atoms with Gasteiger partial charge in [0.2, 0.25) is 0 Å². The minimum absolute atomic E-state index is 0.203. The lowest BCUT2D eigenvalue weighted by atomic mass is 10.0. The highest BCUT2D eigenvalue weighted by atomic mass is 19.1. The summed E-state index contributed by atoms with van der Waals surface area (Å²) in [7, 11) is 0. The molecule has 0 amide bonds. The van der Waals surface area contributed by atoms with E-state index in [1.165, 1.54) is 12.1 Å². The third kappa shape index (κ3) is 3.51. The van der Waals surface area contributed by atoms with Crippen molar-refractivity contribution in [1.82, 2.24) is 4.57 Å². The first-order valence-electron chi connectivity index (χ1n) is 8.31. The van der Waals surface area contributed by atoms with Gasteiger partial charge in [0.25, 0.3) is 0 Å². The van der Waals surface area contributed by atoms with Gasteiger partial charge in [-0.15, -0.1) is 0 Å². The number of carbonyl (C=O) groups is 1. The maximum absolute atomic E-state index is 13.1. The number of nitriles is 1. The predicted octanol–water partition coefficient (Wildman–Crippen LogP) is 5.00. The molecule has 134 valence electrons. The molecule has 4 nitrogen and oxygen atoms in total. The molecule has 0 aliphatic rings. The van der Waals surface area contributed by atoms with Crippen molar-refractivity contribution in [2.24, 2.45) is 0 Å². The zero-order valence-corrected chi connectivity index (χ0v) is 14.9. The molecule has 1 heterocycles. The molecule has 0 saturated heterocycles. The molecule has 0 fully saturated rings. The van der Waals surface area contributed by atoms with E-state index in [0.717, 1.165) is 17.0 Å². The van der Waals surface area contributed by atoms with Gasteiger partial charge in [-0.05, 0) is 61.4 Å². The maximum atomic E-state index is 13.1. The van der Waals surface area contributed by atoms with Gasteiger partial charge in [0.1, 0.15) is 5.82 Å². The molecule has 1 aromatic heterocycles. The lowest BCUT2D eigenvalue weighted by molar-refractivity contribution is 0.0697. The van der Waals surface area contributed by atoms with Gasteiger partial charge in [-0.1, -0.05) is 24.3 Å². The lowest BCUT2D eigenvalue weighted by Gasteiger charge is -2.12. The number of nitrogens with zero attached hydrogens (tertiary/aromatic N) is 2.